The summed E-state index contributed by atoms with van der Waals surface area (Å²) in [5, 5.41) is 11.3. The van der Waals surface area contributed by atoms with Crippen LogP contribution in [0.1, 0.15) is 12.2 Å². The second kappa shape index (κ2) is 4.52. The summed E-state index contributed by atoms with van der Waals surface area (Å²) in [6, 6.07) is 0.531. The molecule has 0 amide bonds. The van der Waals surface area contributed by atoms with Gasteiger partial charge in [-0.1, -0.05) is 0 Å². The topological polar surface area (TPSA) is 52.0 Å². The van der Waals surface area contributed by atoms with Gasteiger partial charge in [-0.05, 0) is 6.42 Å². The highest BCUT2D eigenvalue weighted by molar-refractivity contribution is 4.85. The third kappa shape index (κ3) is 2.30. The van der Waals surface area contributed by atoms with Crippen molar-refractivity contribution in [3.8, 4) is 0 Å². The Hall–Kier alpha value is -0.940. The van der Waals surface area contributed by atoms with Gasteiger partial charge in [-0.2, -0.15) is 0 Å². The summed E-state index contributed by atoms with van der Waals surface area (Å²) in [7, 11) is 1.97. The van der Waals surface area contributed by atoms with Crippen molar-refractivity contribution in [2.45, 2.75) is 18.9 Å². The average molecular weight is 196 g/mol. The maximum atomic E-state index is 5.27. The molecule has 1 aliphatic heterocycles. The first-order valence-corrected chi connectivity index (χ1v) is 5.00. The van der Waals surface area contributed by atoms with Crippen LogP contribution >= 0.6 is 0 Å². The Morgan fingerprint density at radius 3 is 3.29 bits per heavy atom. The maximum Gasteiger partial charge on any atom is 0.133 e. The molecule has 0 spiro atoms. The van der Waals surface area contributed by atoms with Crippen molar-refractivity contribution in [2.24, 2.45) is 7.05 Å². The van der Waals surface area contributed by atoms with Crippen LogP contribution in [0.4, 0.5) is 0 Å². The van der Waals surface area contributed by atoms with Gasteiger partial charge >= 0.3 is 0 Å². The number of hydrogen-bond acceptors (Lipinski definition) is 4. The van der Waals surface area contributed by atoms with Gasteiger partial charge in [0.25, 0.3) is 0 Å². The van der Waals surface area contributed by atoms with Crippen molar-refractivity contribution in [1.29, 1.82) is 0 Å². The van der Waals surface area contributed by atoms with E-state index >= 15 is 0 Å². The number of rotatable bonds is 4. The smallest absolute Gasteiger partial charge is 0.133 e. The Morgan fingerprint density at radius 2 is 2.64 bits per heavy atom. The second-order valence-electron chi connectivity index (χ2n) is 3.62. The SMILES string of the molecule is Cn1cnnc1CCNC1CCOC1. The lowest BCUT2D eigenvalue weighted by Crippen LogP contribution is -2.31. The Kier molecular flexibility index (Phi) is 3.10. The molecule has 0 aromatic carbocycles. The Labute approximate surface area is 83.5 Å². The Balaban J connectivity index is 1.70. The fraction of sp³-hybridized carbons (Fsp3) is 0.778. The fourth-order valence-corrected chi connectivity index (χ4v) is 1.62. The van der Waals surface area contributed by atoms with Crippen molar-refractivity contribution >= 4 is 0 Å². The molecule has 2 rings (SSSR count). The average Bonchev–Trinajstić information content (AvgIpc) is 2.78. The van der Waals surface area contributed by atoms with E-state index in [9.17, 15) is 0 Å². The molecule has 1 saturated heterocycles. The second-order valence-corrected chi connectivity index (χ2v) is 3.62. The normalized spacial score (nSPS) is 21.6. The van der Waals surface area contributed by atoms with E-state index < -0.39 is 0 Å². The summed E-state index contributed by atoms with van der Waals surface area (Å²) in [6.07, 6.45) is 3.78. The molecule has 1 aromatic rings. The molecule has 0 saturated carbocycles. The monoisotopic (exact) mass is 196 g/mol. The lowest BCUT2D eigenvalue weighted by Gasteiger charge is -2.09. The third-order valence-corrected chi connectivity index (χ3v) is 2.52. The van der Waals surface area contributed by atoms with Gasteiger partial charge in [0.05, 0.1) is 6.61 Å². The molecule has 1 aliphatic rings. The Bertz CT molecular complexity index is 280. The predicted molar refractivity (Wildman–Crippen MR) is 51.9 cm³/mol. The van der Waals surface area contributed by atoms with Crippen LogP contribution in [0.2, 0.25) is 0 Å². The number of ether oxygens (including phenoxy) is 1. The number of aryl methyl sites for hydroxylation is 1. The molecule has 1 atom stereocenters. The minimum absolute atomic E-state index is 0.531. The van der Waals surface area contributed by atoms with Crippen LogP contribution in [-0.4, -0.2) is 40.6 Å². The number of aromatic nitrogens is 3. The standard InChI is InChI=1S/C9H16N4O/c1-13-7-11-12-9(13)2-4-10-8-3-5-14-6-8/h7-8,10H,2-6H2,1H3. The van der Waals surface area contributed by atoms with Crippen LogP contribution in [0.3, 0.4) is 0 Å². The molecule has 5 nitrogen and oxygen atoms in total. The van der Waals surface area contributed by atoms with Gasteiger partial charge in [0.15, 0.2) is 0 Å². The van der Waals surface area contributed by atoms with Crippen LogP contribution in [-0.2, 0) is 18.2 Å². The lowest BCUT2D eigenvalue weighted by molar-refractivity contribution is 0.190. The minimum Gasteiger partial charge on any atom is -0.380 e. The molecule has 5 heteroatoms. The highest BCUT2D eigenvalue weighted by Gasteiger charge is 2.14. The first-order chi connectivity index (χ1) is 6.86. The summed E-state index contributed by atoms with van der Waals surface area (Å²) in [5.41, 5.74) is 0. The zero-order valence-corrected chi connectivity index (χ0v) is 8.44. The molecular weight excluding hydrogens is 180 g/mol. The molecule has 2 heterocycles. The van der Waals surface area contributed by atoms with E-state index in [-0.39, 0.29) is 0 Å². The number of nitrogens with one attached hydrogen (secondary N) is 1. The highest BCUT2D eigenvalue weighted by atomic mass is 16.5. The third-order valence-electron chi connectivity index (χ3n) is 2.52. The number of nitrogens with zero attached hydrogens (tertiary/aromatic N) is 3. The largest absolute Gasteiger partial charge is 0.380 e. The molecule has 14 heavy (non-hydrogen) atoms. The zero-order chi connectivity index (χ0) is 9.80. The van der Waals surface area contributed by atoms with E-state index in [0.29, 0.717) is 6.04 Å². The molecule has 1 N–H and O–H groups in total. The summed E-state index contributed by atoms with van der Waals surface area (Å²) < 4.78 is 7.22. The molecule has 1 unspecified atom stereocenters. The summed E-state index contributed by atoms with van der Waals surface area (Å²) in [4.78, 5) is 0. The van der Waals surface area contributed by atoms with Gasteiger partial charge in [-0.25, -0.2) is 0 Å². The van der Waals surface area contributed by atoms with Gasteiger partial charge in [0.2, 0.25) is 0 Å². The molecule has 1 fully saturated rings. The highest BCUT2D eigenvalue weighted by Crippen LogP contribution is 2.03. The van der Waals surface area contributed by atoms with Crippen LogP contribution in [0.15, 0.2) is 6.33 Å². The van der Waals surface area contributed by atoms with E-state index in [4.69, 9.17) is 4.74 Å². The molecule has 1 aromatic heterocycles. The van der Waals surface area contributed by atoms with Crippen LogP contribution in [0.5, 0.6) is 0 Å². The summed E-state index contributed by atoms with van der Waals surface area (Å²) in [5.74, 6) is 1.02. The lowest BCUT2D eigenvalue weighted by atomic mass is 10.2. The van der Waals surface area contributed by atoms with Crippen LogP contribution in [0, 0.1) is 0 Å². The van der Waals surface area contributed by atoms with E-state index in [1.165, 1.54) is 0 Å². The fourth-order valence-electron chi connectivity index (χ4n) is 1.62. The molecular formula is C9H16N4O. The molecule has 78 valence electrons. The first kappa shape index (κ1) is 9.61. The van der Waals surface area contributed by atoms with Crippen molar-refractivity contribution in [2.75, 3.05) is 19.8 Å². The summed E-state index contributed by atoms with van der Waals surface area (Å²) in [6.45, 7) is 2.68. The molecule has 0 radical (unpaired) electrons. The van der Waals surface area contributed by atoms with E-state index in [2.05, 4.69) is 15.5 Å². The van der Waals surface area contributed by atoms with Crippen molar-refractivity contribution in [1.82, 2.24) is 20.1 Å². The molecule has 0 aliphatic carbocycles. The van der Waals surface area contributed by atoms with Gasteiger partial charge in [-0.3, -0.25) is 0 Å². The van der Waals surface area contributed by atoms with Crippen molar-refractivity contribution in [3.63, 3.8) is 0 Å². The zero-order valence-electron chi connectivity index (χ0n) is 8.44. The van der Waals surface area contributed by atoms with E-state index in [0.717, 1.165) is 38.4 Å². The van der Waals surface area contributed by atoms with Gasteiger partial charge in [-0.15, -0.1) is 10.2 Å². The predicted octanol–water partition coefficient (Wildman–Crippen LogP) is -0.264. The van der Waals surface area contributed by atoms with Gasteiger partial charge < -0.3 is 14.6 Å². The van der Waals surface area contributed by atoms with Gasteiger partial charge in [0, 0.05) is 32.7 Å². The molecule has 0 bridgehead atoms. The minimum atomic E-state index is 0.531. The van der Waals surface area contributed by atoms with Crippen LogP contribution < -0.4 is 5.32 Å². The number of hydrogen-bond donors (Lipinski definition) is 1. The summed E-state index contributed by atoms with van der Waals surface area (Å²) >= 11 is 0. The maximum absolute atomic E-state index is 5.27. The van der Waals surface area contributed by atoms with Gasteiger partial charge in [0.1, 0.15) is 12.2 Å². The van der Waals surface area contributed by atoms with Crippen molar-refractivity contribution < 1.29 is 4.74 Å². The van der Waals surface area contributed by atoms with Crippen molar-refractivity contribution in [3.05, 3.63) is 12.2 Å². The van der Waals surface area contributed by atoms with Crippen LogP contribution in [0.25, 0.3) is 0 Å². The quantitative estimate of drug-likeness (QED) is 0.720. The first-order valence-electron chi connectivity index (χ1n) is 5.00. The Morgan fingerprint density at radius 1 is 1.71 bits per heavy atom. The van der Waals surface area contributed by atoms with E-state index in [1.807, 2.05) is 11.6 Å². The van der Waals surface area contributed by atoms with E-state index in [1.54, 1.807) is 6.33 Å².